The lowest BCUT2D eigenvalue weighted by molar-refractivity contribution is -0.116. The van der Waals surface area contributed by atoms with Crippen molar-refractivity contribution in [3.05, 3.63) is 63.5 Å². The highest BCUT2D eigenvalue weighted by molar-refractivity contribution is 8.05. The number of ether oxygens (including phenoxy) is 1. The summed E-state index contributed by atoms with van der Waals surface area (Å²) in [6, 6.07) is 13.3. The van der Waals surface area contributed by atoms with Gasteiger partial charge in [-0.2, -0.15) is 0 Å². The molecule has 1 atom stereocenters. The molecule has 2 aromatic rings. The van der Waals surface area contributed by atoms with Crippen molar-refractivity contribution in [2.75, 3.05) is 11.9 Å². The zero-order valence-corrected chi connectivity index (χ0v) is 15.6. The van der Waals surface area contributed by atoms with Gasteiger partial charge >= 0.3 is 0 Å². The number of hydrogen-bond donors (Lipinski definition) is 2. The predicted molar refractivity (Wildman–Crippen MR) is 105 cm³/mol. The summed E-state index contributed by atoms with van der Waals surface area (Å²) in [5.74, 6) is 0.677. The Morgan fingerprint density at radius 2 is 2.12 bits per heavy atom. The molecule has 0 saturated carbocycles. The average molecular weight is 375 g/mol. The summed E-state index contributed by atoms with van der Waals surface area (Å²) in [6.45, 7) is 4.50. The lowest BCUT2D eigenvalue weighted by Crippen LogP contribution is -2.31. The van der Waals surface area contributed by atoms with E-state index in [2.05, 4.69) is 10.6 Å². The van der Waals surface area contributed by atoms with Gasteiger partial charge in [-0.25, -0.2) is 0 Å². The summed E-state index contributed by atoms with van der Waals surface area (Å²) < 4.78 is 5.62. The molecule has 1 heterocycles. The Bertz CT molecular complexity index is 823. The molecule has 0 bridgehead atoms. The molecule has 1 fully saturated rings. The lowest BCUT2D eigenvalue weighted by atomic mass is 10.2. The highest BCUT2D eigenvalue weighted by Crippen LogP contribution is 2.33. The number of carbonyl (C=O) groups is 1. The molecule has 2 N–H and O–H groups in total. The zero-order chi connectivity index (χ0) is 17.8. The predicted octanol–water partition coefficient (Wildman–Crippen LogP) is 4.65. The largest absolute Gasteiger partial charge is 0.493 e. The molecule has 1 unspecified atom stereocenters. The summed E-state index contributed by atoms with van der Waals surface area (Å²) in [7, 11) is 0. The Labute approximate surface area is 156 Å². The van der Waals surface area contributed by atoms with E-state index in [0.29, 0.717) is 16.5 Å². The minimum atomic E-state index is -0.224. The van der Waals surface area contributed by atoms with Crippen molar-refractivity contribution >= 4 is 41.0 Å². The van der Waals surface area contributed by atoms with E-state index in [1.165, 1.54) is 11.8 Å². The summed E-state index contributed by atoms with van der Waals surface area (Å²) in [6.07, 6.45) is 1.86. The average Bonchev–Trinajstić information content (AvgIpc) is 2.92. The quantitative estimate of drug-likeness (QED) is 0.748. The molecule has 0 radical (unpaired) electrons. The van der Waals surface area contributed by atoms with Gasteiger partial charge in [0.15, 0.2) is 5.50 Å². The van der Waals surface area contributed by atoms with Crippen LogP contribution in [0.1, 0.15) is 18.1 Å². The molecule has 0 aromatic heterocycles. The number of benzene rings is 2. The van der Waals surface area contributed by atoms with Crippen molar-refractivity contribution in [2.45, 2.75) is 19.3 Å². The zero-order valence-electron chi connectivity index (χ0n) is 14.0. The Morgan fingerprint density at radius 3 is 2.88 bits per heavy atom. The molecule has 25 heavy (non-hydrogen) atoms. The SMILES string of the molecule is CCOc1ccccc1/C=C1\SC(Nc2ccc(Cl)cc2C)NC1=O. The summed E-state index contributed by atoms with van der Waals surface area (Å²) in [5, 5.41) is 6.95. The van der Waals surface area contributed by atoms with Gasteiger partial charge < -0.3 is 15.4 Å². The summed E-state index contributed by atoms with van der Waals surface area (Å²) in [5.41, 5.74) is 2.64. The first kappa shape index (κ1) is 17.7. The molecule has 4 nitrogen and oxygen atoms in total. The van der Waals surface area contributed by atoms with E-state index in [4.69, 9.17) is 16.3 Å². The normalized spacial score (nSPS) is 18.3. The van der Waals surface area contributed by atoms with Gasteiger partial charge in [0, 0.05) is 16.3 Å². The van der Waals surface area contributed by atoms with Gasteiger partial charge in [0.05, 0.1) is 11.5 Å². The Kier molecular flexibility index (Phi) is 5.56. The number of anilines is 1. The lowest BCUT2D eigenvalue weighted by Gasteiger charge is -2.15. The molecule has 1 aliphatic heterocycles. The Hall–Kier alpha value is -2.11. The van der Waals surface area contributed by atoms with Crippen molar-refractivity contribution in [3.63, 3.8) is 0 Å². The first-order chi connectivity index (χ1) is 12.1. The van der Waals surface area contributed by atoms with Crippen molar-refractivity contribution in [3.8, 4) is 5.75 Å². The van der Waals surface area contributed by atoms with Gasteiger partial charge in [-0.1, -0.05) is 41.6 Å². The van der Waals surface area contributed by atoms with Crippen molar-refractivity contribution < 1.29 is 9.53 Å². The second-order valence-corrected chi connectivity index (χ2v) is 7.14. The van der Waals surface area contributed by atoms with E-state index >= 15 is 0 Å². The fourth-order valence-electron chi connectivity index (χ4n) is 2.52. The van der Waals surface area contributed by atoms with Crippen molar-refractivity contribution in [1.82, 2.24) is 5.32 Å². The standard InChI is InChI=1S/C19H19ClN2O2S/c1-3-24-16-7-5-4-6-13(16)11-17-18(23)22-19(25-17)21-15-9-8-14(20)10-12(15)2/h4-11,19,21H,3H2,1-2H3,(H,22,23)/b17-11-. The number of halogens is 1. The number of nitrogens with one attached hydrogen (secondary N) is 2. The topological polar surface area (TPSA) is 50.4 Å². The molecular formula is C19H19ClN2O2S. The van der Waals surface area contributed by atoms with Gasteiger partial charge in [0.25, 0.3) is 5.91 Å². The molecule has 130 valence electrons. The van der Waals surface area contributed by atoms with Gasteiger partial charge in [0.2, 0.25) is 0 Å². The minimum absolute atomic E-state index is 0.0968. The molecule has 1 saturated heterocycles. The fraction of sp³-hybridized carbons (Fsp3) is 0.211. The van der Waals surface area contributed by atoms with Crippen molar-refractivity contribution in [1.29, 1.82) is 0 Å². The third kappa shape index (κ3) is 4.30. The number of para-hydroxylation sites is 1. The van der Waals surface area contributed by atoms with Gasteiger partial charge in [-0.15, -0.1) is 0 Å². The van der Waals surface area contributed by atoms with Gasteiger partial charge in [-0.3, -0.25) is 4.79 Å². The molecule has 0 spiro atoms. The number of rotatable bonds is 5. The monoisotopic (exact) mass is 374 g/mol. The van der Waals surface area contributed by atoms with Crippen LogP contribution < -0.4 is 15.4 Å². The third-order valence-corrected chi connectivity index (χ3v) is 4.97. The first-order valence-electron chi connectivity index (χ1n) is 8.00. The smallest absolute Gasteiger partial charge is 0.260 e. The summed E-state index contributed by atoms with van der Waals surface area (Å²) in [4.78, 5) is 12.9. The highest BCUT2D eigenvalue weighted by atomic mass is 35.5. The third-order valence-electron chi connectivity index (χ3n) is 3.71. The van der Waals surface area contributed by atoms with Crippen molar-refractivity contribution in [2.24, 2.45) is 0 Å². The van der Waals surface area contributed by atoms with Crippen LogP contribution in [0.3, 0.4) is 0 Å². The maximum Gasteiger partial charge on any atom is 0.260 e. The van der Waals surface area contributed by atoms with Crippen LogP contribution in [0, 0.1) is 6.92 Å². The number of hydrogen-bond acceptors (Lipinski definition) is 4. The van der Waals surface area contributed by atoms with Gasteiger partial charge in [0.1, 0.15) is 5.75 Å². The molecule has 1 amide bonds. The summed E-state index contributed by atoms with van der Waals surface area (Å²) >= 11 is 7.44. The van der Waals surface area contributed by atoms with E-state index in [1.54, 1.807) is 0 Å². The van der Waals surface area contributed by atoms with E-state index in [-0.39, 0.29) is 11.4 Å². The Balaban J connectivity index is 1.76. The molecule has 3 rings (SSSR count). The molecule has 0 aliphatic carbocycles. The number of aryl methyl sites for hydroxylation is 1. The highest BCUT2D eigenvalue weighted by Gasteiger charge is 2.27. The number of amides is 1. The van der Waals surface area contributed by atoms with E-state index in [9.17, 15) is 4.79 Å². The van der Waals surface area contributed by atoms with Crippen LogP contribution in [-0.4, -0.2) is 18.0 Å². The van der Waals surface area contributed by atoms with E-state index in [0.717, 1.165) is 22.6 Å². The van der Waals surface area contributed by atoms with Crippen LogP contribution in [0.25, 0.3) is 6.08 Å². The second-order valence-electron chi connectivity index (χ2n) is 5.55. The fourth-order valence-corrected chi connectivity index (χ4v) is 3.72. The number of thioether (sulfide) groups is 1. The molecule has 1 aliphatic rings. The van der Waals surface area contributed by atoms with Crippen LogP contribution in [0.5, 0.6) is 5.75 Å². The number of carbonyl (C=O) groups excluding carboxylic acids is 1. The maximum atomic E-state index is 12.3. The molecular weight excluding hydrogens is 356 g/mol. The molecule has 6 heteroatoms. The van der Waals surface area contributed by atoms with Crippen LogP contribution >= 0.6 is 23.4 Å². The minimum Gasteiger partial charge on any atom is -0.493 e. The molecule has 2 aromatic carbocycles. The van der Waals surface area contributed by atoms with E-state index < -0.39 is 0 Å². The second kappa shape index (κ2) is 7.85. The van der Waals surface area contributed by atoms with Crippen LogP contribution in [-0.2, 0) is 4.79 Å². The maximum absolute atomic E-state index is 12.3. The van der Waals surface area contributed by atoms with Crippen LogP contribution in [0.15, 0.2) is 47.4 Å². The van der Waals surface area contributed by atoms with Crippen LogP contribution in [0.4, 0.5) is 5.69 Å². The Morgan fingerprint density at radius 1 is 1.32 bits per heavy atom. The van der Waals surface area contributed by atoms with Gasteiger partial charge in [-0.05, 0) is 49.8 Å². The first-order valence-corrected chi connectivity index (χ1v) is 9.26. The van der Waals surface area contributed by atoms with E-state index in [1.807, 2.05) is 62.4 Å². The van der Waals surface area contributed by atoms with Crippen LogP contribution in [0.2, 0.25) is 5.02 Å².